The summed E-state index contributed by atoms with van der Waals surface area (Å²) in [7, 11) is -3.24. The van der Waals surface area contributed by atoms with Gasteiger partial charge >= 0.3 is 0 Å². The average Bonchev–Trinajstić information content (AvgIpc) is 3.28. The van der Waals surface area contributed by atoms with Gasteiger partial charge in [-0.05, 0) is 81.2 Å². The third kappa shape index (κ3) is 4.84. The fraction of sp³-hybridized carbons (Fsp3) is 0.435. The second kappa shape index (κ2) is 8.78. The van der Waals surface area contributed by atoms with E-state index in [4.69, 9.17) is 4.74 Å². The number of hydrogen-bond acceptors (Lipinski definition) is 5. The van der Waals surface area contributed by atoms with Crippen molar-refractivity contribution >= 4 is 15.7 Å². The zero-order valence-corrected chi connectivity index (χ0v) is 18.1. The van der Waals surface area contributed by atoms with Crippen LogP contribution in [0.4, 0.5) is 0 Å². The van der Waals surface area contributed by atoms with E-state index in [0.717, 1.165) is 25.9 Å². The molecule has 1 amide bonds. The molecule has 6 nitrogen and oxygen atoms in total. The maximum atomic E-state index is 13.0. The maximum absolute atomic E-state index is 13.0. The minimum atomic E-state index is -3.24. The number of nitrogens with zero attached hydrogens (tertiary/aromatic N) is 2. The summed E-state index contributed by atoms with van der Waals surface area (Å²) in [5, 5.41) is 0. The Balaban J connectivity index is 1.38. The number of hydrogen-bond donors (Lipinski definition) is 0. The largest absolute Gasteiger partial charge is 0.457 e. The van der Waals surface area contributed by atoms with Crippen LogP contribution < -0.4 is 4.74 Å². The van der Waals surface area contributed by atoms with E-state index in [-0.39, 0.29) is 10.8 Å². The van der Waals surface area contributed by atoms with E-state index in [1.807, 2.05) is 17.0 Å². The first-order chi connectivity index (χ1) is 14.4. The van der Waals surface area contributed by atoms with Crippen LogP contribution in [0.25, 0.3) is 0 Å². The van der Waals surface area contributed by atoms with Gasteiger partial charge in [-0.2, -0.15) is 0 Å². The number of piperidine rings is 1. The first-order valence-electron chi connectivity index (χ1n) is 10.5. The molecule has 2 aromatic rings. The van der Waals surface area contributed by atoms with Gasteiger partial charge in [-0.1, -0.05) is 6.07 Å². The van der Waals surface area contributed by atoms with Crippen LogP contribution in [0.3, 0.4) is 0 Å². The van der Waals surface area contributed by atoms with Crippen LogP contribution in [0.2, 0.25) is 0 Å². The van der Waals surface area contributed by atoms with Crippen LogP contribution in [-0.2, 0) is 9.84 Å². The van der Waals surface area contributed by atoms with E-state index in [0.29, 0.717) is 23.1 Å². The monoisotopic (exact) mass is 428 g/mol. The van der Waals surface area contributed by atoms with Crippen LogP contribution in [0.1, 0.15) is 36.0 Å². The predicted octanol–water partition coefficient (Wildman–Crippen LogP) is 3.58. The van der Waals surface area contributed by atoms with Crippen molar-refractivity contribution in [2.45, 2.75) is 36.6 Å². The van der Waals surface area contributed by atoms with E-state index >= 15 is 0 Å². The first kappa shape index (κ1) is 20.9. The topological polar surface area (TPSA) is 66.9 Å². The molecule has 2 heterocycles. The first-order valence-corrected chi connectivity index (χ1v) is 12.4. The van der Waals surface area contributed by atoms with Crippen molar-refractivity contribution in [1.29, 1.82) is 0 Å². The van der Waals surface area contributed by atoms with Crippen molar-refractivity contribution in [3.8, 4) is 11.5 Å². The average molecular weight is 429 g/mol. The molecular weight excluding hydrogens is 400 g/mol. The molecule has 0 saturated carbocycles. The van der Waals surface area contributed by atoms with Crippen molar-refractivity contribution < 1.29 is 17.9 Å². The zero-order chi connectivity index (χ0) is 21.1. The van der Waals surface area contributed by atoms with Gasteiger partial charge < -0.3 is 14.5 Å². The Hall–Kier alpha value is -2.38. The highest BCUT2D eigenvalue weighted by atomic mass is 32.2. The molecule has 2 fully saturated rings. The van der Waals surface area contributed by atoms with Crippen LogP contribution in [0.5, 0.6) is 11.5 Å². The highest BCUT2D eigenvalue weighted by Gasteiger charge is 2.28. The molecule has 160 valence electrons. The molecule has 7 heteroatoms. The van der Waals surface area contributed by atoms with Crippen LogP contribution in [0.15, 0.2) is 53.4 Å². The Labute approximate surface area is 178 Å². The molecule has 4 rings (SSSR count). The van der Waals surface area contributed by atoms with Gasteiger partial charge in [-0.25, -0.2) is 8.42 Å². The molecule has 0 aromatic heterocycles. The molecule has 0 unspecified atom stereocenters. The van der Waals surface area contributed by atoms with E-state index in [1.165, 1.54) is 44.3 Å². The van der Waals surface area contributed by atoms with Crippen molar-refractivity contribution in [3.05, 3.63) is 54.1 Å². The van der Waals surface area contributed by atoms with Gasteiger partial charge in [0, 0.05) is 31.0 Å². The lowest BCUT2D eigenvalue weighted by Gasteiger charge is -2.36. The SMILES string of the molecule is CS(=O)(=O)c1ccc(Oc2cccc(C(=O)N3CCC(N4CCCC4)CC3)c2)cc1. The Morgan fingerprint density at radius 2 is 1.60 bits per heavy atom. The predicted molar refractivity (Wildman–Crippen MR) is 116 cm³/mol. The second-order valence-electron chi connectivity index (χ2n) is 8.14. The highest BCUT2D eigenvalue weighted by molar-refractivity contribution is 7.90. The minimum absolute atomic E-state index is 0.0350. The molecule has 0 aliphatic carbocycles. The Kier molecular flexibility index (Phi) is 6.11. The molecular formula is C23H28N2O4S. The van der Waals surface area contributed by atoms with Crippen LogP contribution >= 0.6 is 0 Å². The second-order valence-corrected chi connectivity index (χ2v) is 10.2. The molecule has 2 aliphatic heterocycles. The fourth-order valence-electron chi connectivity index (χ4n) is 4.31. The van der Waals surface area contributed by atoms with Gasteiger partial charge in [0.2, 0.25) is 0 Å². The van der Waals surface area contributed by atoms with Gasteiger partial charge in [0.25, 0.3) is 5.91 Å². The van der Waals surface area contributed by atoms with Gasteiger partial charge in [0.1, 0.15) is 11.5 Å². The van der Waals surface area contributed by atoms with Gasteiger partial charge in [-0.15, -0.1) is 0 Å². The third-order valence-electron chi connectivity index (χ3n) is 5.98. The lowest BCUT2D eigenvalue weighted by molar-refractivity contribution is 0.0644. The van der Waals surface area contributed by atoms with Gasteiger partial charge in [-0.3, -0.25) is 4.79 Å². The lowest BCUT2D eigenvalue weighted by atomic mass is 10.0. The number of rotatable bonds is 5. The normalized spacial score (nSPS) is 18.5. The smallest absolute Gasteiger partial charge is 0.253 e. The van der Waals surface area contributed by atoms with Crippen molar-refractivity contribution in [1.82, 2.24) is 9.80 Å². The third-order valence-corrected chi connectivity index (χ3v) is 7.11. The van der Waals surface area contributed by atoms with Gasteiger partial charge in [0.05, 0.1) is 4.90 Å². The summed E-state index contributed by atoms with van der Waals surface area (Å²) < 4.78 is 29.0. The molecule has 0 N–H and O–H groups in total. The summed E-state index contributed by atoms with van der Waals surface area (Å²) in [6, 6.07) is 14.1. The van der Waals surface area contributed by atoms with Crippen LogP contribution in [-0.4, -0.2) is 62.6 Å². The number of benzene rings is 2. The van der Waals surface area contributed by atoms with Crippen molar-refractivity contribution in [2.24, 2.45) is 0 Å². The summed E-state index contributed by atoms with van der Waals surface area (Å²) >= 11 is 0. The fourth-order valence-corrected chi connectivity index (χ4v) is 4.94. The van der Waals surface area contributed by atoms with Crippen LogP contribution in [0, 0.1) is 0 Å². The molecule has 0 radical (unpaired) electrons. The molecule has 2 aliphatic rings. The lowest BCUT2D eigenvalue weighted by Crippen LogP contribution is -2.45. The maximum Gasteiger partial charge on any atom is 0.253 e. The number of likely N-dealkylation sites (tertiary alicyclic amines) is 2. The Morgan fingerprint density at radius 3 is 2.23 bits per heavy atom. The van der Waals surface area contributed by atoms with Gasteiger partial charge in [0.15, 0.2) is 9.84 Å². The standard InChI is InChI=1S/C23H28N2O4S/c1-30(27,28)22-9-7-20(8-10-22)29-21-6-4-5-18(17-21)23(26)25-15-11-19(12-16-25)24-13-2-3-14-24/h4-10,17,19H,2-3,11-16H2,1H3. The quantitative estimate of drug-likeness (QED) is 0.728. The summed E-state index contributed by atoms with van der Waals surface area (Å²) in [5.74, 6) is 1.12. The summed E-state index contributed by atoms with van der Waals surface area (Å²) in [6.45, 7) is 3.97. The number of carbonyl (C=O) groups excluding carboxylic acids is 1. The summed E-state index contributed by atoms with van der Waals surface area (Å²) in [6.07, 6.45) is 5.83. The van der Waals surface area contributed by atoms with Crippen molar-refractivity contribution in [2.75, 3.05) is 32.4 Å². The molecule has 2 aromatic carbocycles. The Morgan fingerprint density at radius 1 is 0.933 bits per heavy atom. The number of sulfone groups is 1. The minimum Gasteiger partial charge on any atom is -0.457 e. The van der Waals surface area contributed by atoms with E-state index in [9.17, 15) is 13.2 Å². The Bertz CT molecular complexity index is 990. The summed E-state index contributed by atoms with van der Waals surface area (Å²) in [4.78, 5) is 17.7. The number of carbonyl (C=O) groups is 1. The summed E-state index contributed by atoms with van der Waals surface area (Å²) in [5.41, 5.74) is 0.611. The van der Waals surface area contributed by atoms with E-state index < -0.39 is 9.84 Å². The van der Waals surface area contributed by atoms with E-state index in [1.54, 1.807) is 24.3 Å². The molecule has 30 heavy (non-hydrogen) atoms. The highest BCUT2D eigenvalue weighted by Crippen LogP contribution is 2.26. The molecule has 0 atom stereocenters. The number of amides is 1. The molecule has 0 bridgehead atoms. The number of ether oxygens (including phenoxy) is 1. The van der Waals surface area contributed by atoms with E-state index in [2.05, 4.69) is 4.90 Å². The van der Waals surface area contributed by atoms with Crippen molar-refractivity contribution in [3.63, 3.8) is 0 Å². The molecule has 2 saturated heterocycles. The zero-order valence-electron chi connectivity index (χ0n) is 17.3. The molecule has 0 spiro atoms.